The number of benzene rings is 1. The molecule has 0 unspecified atom stereocenters. The molecule has 1 saturated heterocycles. The third kappa shape index (κ3) is 5.31. The summed E-state index contributed by atoms with van der Waals surface area (Å²) in [6, 6.07) is 8.38. The highest BCUT2D eigenvalue weighted by Crippen LogP contribution is 2.35. The van der Waals surface area contributed by atoms with Crippen molar-refractivity contribution in [2.24, 2.45) is 7.05 Å². The Kier molecular flexibility index (Phi) is 7.02. The monoisotopic (exact) mass is 550 g/mol. The van der Waals surface area contributed by atoms with Crippen LogP contribution in [0.3, 0.4) is 0 Å². The molecule has 0 N–H and O–H groups in total. The first-order valence-corrected chi connectivity index (χ1v) is 15.7. The minimum Gasteiger partial charge on any atom is -0.344 e. The van der Waals surface area contributed by atoms with E-state index in [9.17, 15) is 13.2 Å². The smallest absolute Gasteiger partial charge is 0.174 e. The average molecular weight is 551 g/mol. The largest absolute Gasteiger partial charge is 0.344 e. The first-order chi connectivity index (χ1) is 17.9. The second kappa shape index (κ2) is 10.0. The van der Waals surface area contributed by atoms with Gasteiger partial charge in [-0.2, -0.15) is 0 Å². The molecule has 1 aliphatic heterocycles. The van der Waals surface area contributed by atoms with Crippen molar-refractivity contribution >= 4 is 38.0 Å². The van der Waals surface area contributed by atoms with E-state index >= 15 is 0 Å². The molecule has 200 valence electrons. The van der Waals surface area contributed by atoms with Crippen molar-refractivity contribution in [1.29, 1.82) is 0 Å². The maximum Gasteiger partial charge on any atom is 0.174 e. The Morgan fingerprint density at radius 1 is 1.11 bits per heavy atom. The third-order valence-corrected chi connectivity index (χ3v) is 10.7. The van der Waals surface area contributed by atoms with E-state index in [1.165, 1.54) is 11.3 Å². The van der Waals surface area contributed by atoms with E-state index in [1.54, 1.807) is 12.5 Å². The Morgan fingerprint density at radius 2 is 1.84 bits per heavy atom. The summed E-state index contributed by atoms with van der Waals surface area (Å²) in [5.41, 5.74) is 7.00. The molecule has 0 atom stereocenters. The maximum absolute atomic E-state index is 12.8. The van der Waals surface area contributed by atoms with Gasteiger partial charge in [-0.1, -0.05) is 32.9 Å². The van der Waals surface area contributed by atoms with Gasteiger partial charge in [-0.05, 0) is 49.4 Å². The van der Waals surface area contributed by atoms with Gasteiger partial charge in [-0.25, -0.2) is 23.4 Å². The molecular formula is C29H34N4O3S2. The Hall–Kier alpha value is -2.91. The van der Waals surface area contributed by atoms with E-state index < -0.39 is 9.84 Å². The quantitative estimate of drug-likeness (QED) is 0.281. The number of aryl methyl sites for hydroxylation is 3. The number of carbonyl (C=O) groups excluding carboxylic acids is 1. The van der Waals surface area contributed by atoms with Crippen LogP contribution < -0.4 is 0 Å². The fraction of sp³-hybridized carbons (Fsp3) is 0.448. The SMILES string of the molecule is Cc1cc(-c2ncnc3cc(C4CCS(=O)(=O)CC4)n(C)c23)ccc1CCC(=O)c1cnc(C(C)(C)C)s1. The molecular weight excluding hydrogens is 516 g/mol. The van der Waals surface area contributed by atoms with Crippen molar-refractivity contribution in [3.05, 3.63) is 63.5 Å². The molecule has 1 fully saturated rings. The number of Topliss-reactive ketones (excluding diaryl/α,β-unsaturated/α-hetero) is 1. The summed E-state index contributed by atoms with van der Waals surface area (Å²) in [7, 11) is -0.900. The van der Waals surface area contributed by atoms with Crippen molar-refractivity contribution in [2.75, 3.05) is 11.5 Å². The Bertz CT molecular complexity index is 1610. The van der Waals surface area contributed by atoms with Crippen molar-refractivity contribution in [3.63, 3.8) is 0 Å². The molecule has 9 heteroatoms. The van der Waals surface area contributed by atoms with Gasteiger partial charge in [0.2, 0.25) is 0 Å². The lowest BCUT2D eigenvalue weighted by Gasteiger charge is -2.22. The Labute approximate surface area is 228 Å². The molecule has 38 heavy (non-hydrogen) atoms. The van der Waals surface area contributed by atoms with E-state index in [0.717, 1.165) is 49.0 Å². The summed E-state index contributed by atoms with van der Waals surface area (Å²) in [5.74, 6) is 0.805. The number of hydrogen-bond donors (Lipinski definition) is 0. The lowest BCUT2D eigenvalue weighted by Crippen LogP contribution is -2.23. The van der Waals surface area contributed by atoms with Gasteiger partial charge in [0.25, 0.3) is 0 Å². The lowest BCUT2D eigenvalue weighted by molar-refractivity contribution is 0.0986. The molecule has 0 bridgehead atoms. The van der Waals surface area contributed by atoms with Gasteiger partial charge in [-0.3, -0.25) is 4.79 Å². The van der Waals surface area contributed by atoms with Gasteiger partial charge in [0.15, 0.2) is 5.78 Å². The highest BCUT2D eigenvalue weighted by Gasteiger charge is 2.28. The van der Waals surface area contributed by atoms with Crippen molar-refractivity contribution in [2.45, 2.75) is 64.7 Å². The van der Waals surface area contributed by atoms with Crippen LogP contribution in [0.4, 0.5) is 0 Å². The van der Waals surface area contributed by atoms with Crippen LogP contribution in [0.2, 0.25) is 0 Å². The summed E-state index contributed by atoms with van der Waals surface area (Å²) in [6.07, 6.45) is 5.70. The van der Waals surface area contributed by atoms with Crippen molar-refractivity contribution in [3.8, 4) is 11.3 Å². The first-order valence-electron chi connectivity index (χ1n) is 13.0. The third-order valence-electron chi connectivity index (χ3n) is 7.49. The van der Waals surface area contributed by atoms with Crippen LogP contribution in [0.15, 0.2) is 36.8 Å². The van der Waals surface area contributed by atoms with Gasteiger partial charge in [-0.15, -0.1) is 11.3 Å². The minimum absolute atomic E-state index is 0.0573. The summed E-state index contributed by atoms with van der Waals surface area (Å²) < 4.78 is 26.0. The van der Waals surface area contributed by atoms with Gasteiger partial charge in [0.05, 0.1) is 38.1 Å². The van der Waals surface area contributed by atoms with Crippen LogP contribution in [0.5, 0.6) is 0 Å². The molecule has 1 aromatic carbocycles. The fourth-order valence-corrected chi connectivity index (χ4v) is 7.66. The highest BCUT2D eigenvalue weighted by molar-refractivity contribution is 7.91. The number of aromatic nitrogens is 4. The zero-order chi connectivity index (χ0) is 27.2. The minimum atomic E-state index is -2.92. The first kappa shape index (κ1) is 26.7. The molecule has 0 radical (unpaired) electrons. The number of fused-ring (bicyclic) bond motifs is 1. The van der Waals surface area contributed by atoms with E-state index in [2.05, 4.69) is 71.5 Å². The number of carbonyl (C=O) groups is 1. The summed E-state index contributed by atoms with van der Waals surface area (Å²) in [6.45, 7) is 8.39. The zero-order valence-electron chi connectivity index (χ0n) is 22.6. The standard InChI is InChI=1S/C29H34N4O3S2/c1-18-14-21(7-6-19(18)8-9-24(34)25-16-30-28(37-25)29(2,3)4)26-27-22(31-17-32-26)15-23(33(27)5)20-10-12-38(35,36)13-11-20/h6-7,14-17,20H,8-13H2,1-5H3. The van der Waals surface area contributed by atoms with Crippen LogP contribution in [-0.4, -0.2) is 45.2 Å². The van der Waals surface area contributed by atoms with Crippen molar-refractivity contribution < 1.29 is 13.2 Å². The molecule has 4 aromatic rings. The number of thiazole rings is 1. The Morgan fingerprint density at radius 3 is 2.50 bits per heavy atom. The van der Waals surface area contributed by atoms with Gasteiger partial charge in [0.1, 0.15) is 16.2 Å². The number of ketones is 1. The summed E-state index contributed by atoms with van der Waals surface area (Å²) >= 11 is 1.49. The second-order valence-corrected chi connectivity index (χ2v) is 14.7. The normalized spacial score (nSPS) is 16.2. The van der Waals surface area contributed by atoms with E-state index in [1.807, 2.05) is 7.05 Å². The Balaban J connectivity index is 1.36. The molecule has 0 saturated carbocycles. The molecule has 1 aliphatic rings. The number of hydrogen-bond acceptors (Lipinski definition) is 7. The summed E-state index contributed by atoms with van der Waals surface area (Å²) in [5, 5.41) is 0.981. The average Bonchev–Trinajstić information content (AvgIpc) is 3.49. The van der Waals surface area contributed by atoms with E-state index in [0.29, 0.717) is 25.7 Å². The van der Waals surface area contributed by atoms with Crippen molar-refractivity contribution in [1.82, 2.24) is 19.5 Å². The van der Waals surface area contributed by atoms with Crippen LogP contribution in [0, 0.1) is 6.92 Å². The van der Waals surface area contributed by atoms with E-state index in [4.69, 9.17) is 0 Å². The predicted molar refractivity (Wildman–Crippen MR) is 153 cm³/mol. The van der Waals surface area contributed by atoms with Gasteiger partial charge < -0.3 is 4.57 Å². The maximum atomic E-state index is 12.8. The van der Waals surface area contributed by atoms with Crippen LogP contribution >= 0.6 is 11.3 Å². The van der Waals surface area contributed by atoms with Gasteiger partial charge in [0, 0.05) is 42.3 Å². The molecule has 4 heterocycles. The molecule has 0 amide bonds. The predicted octanol–water partition coefficient (Wildman–Crippen LogP) is 5.81. The van der Waals surface area contributed by atoms with Gasteiger partial charge >= 0.3 is 0 Å². The highest BCUT2D eigenvalue weighted by atomic mass is 32.2. The molecule has 0 spiro atoms. The lowest BCUT2D eigenvalue weighted by atomic mass is 9.98. The molecule has 5 rings (SSSR count). The molecule has 3 aromatic heterocycles. The molecule has 7 nitrogen and oxygen atoms in total. The van der Waals surface area contributed by atoms with Crippen LogP contribution in [0.25, 0.3) is 22.3 Å². The molecule has 0 aliphatic carbocycles. The number of nitrogens with zero attached hydrogens (tertiary/aromatic N) is 4. The topological polar surface area (TPSA) is 94.8 Å². The van der Waals surface area contributed by atoms with E-state index in [-0.39, 0.29) is 28.6 Å². The second-order valence-electron chi connectivity index (χ2n) is 11.4. The number of rotatable bonds is 6. The van der Waals surface area contributed by atoms with Crippen LogP contribution in [-0.2, 0) is 28.7 Å². The number of sulfone groups is 1. The summed E-state index contributed by atoms with van der Waals surface area (Å²) in [4.78, 5) is 27.2. The zero-order valence-corrected chi connectivity index (χ0v) is 24.2. The van der Waals surface area contributed by atoms with Crippen LogP contribution in [0.1, 0.15) is 77.5 Å². The fourth-order valence-electron chi connectivity index (χ4n) is 5.23.